The number of nitrogens with zero attached hydrogens (tertiary/aromatic N) is 2. The average Bonchev–Trinajstić information content (AvgIpc) is 3.63. The number of benzene rings is 1. The first-order valence-electron chi connectivity index (χ1n) is 15.5. The van der Waals surface area contributed by atoms with Crippen molar-refractivity contribution in [2.24, 2.45) is 33.7 Å². The number of Topliss-reactive ketones (excluding diaryl/α,β-unsaturated/α-hetero) is 1. The summed E-state index contributed by atoms with van der Waals surface area (Å²) in [5.74, 6) is 7.55. The van der Waals surface area contributed by atoms with E-state index in [4.69, 9.17) is 4.74 Å². The van der Waals surface area contributed by atoms with Gasteiger partial charge in [0.2, 0.25) is 0 Å². The molecular formula is C35H44N2O4. The van der Waals surface area contributed by atoms with Crippen molar-refractivity contribution in [3.8, 4) is 11.8 Å². The minimum atomic E-state index is -0.830. The summed E-state index contributed by atoms with van der Waals surface area (Å²) >= 11 is 0. The highest BCUT2D eigenvalue weighted by atomic mass is 16.5. The summed E-state index contributed by atoms with van der Waals surface area (Å²) in [4.78, 5) is 16.4. The van der Waals surface area contributed by atoms with Gasteiger partial charge in [-0.3, -0.25) is 4.79 Å². The summed E-state index contributed by atoms with van der Waals surface area (Å²) in [7, 11) is 1.58. The third-order valence-electron chi connectivity index (χ3n) is 11.3. The molecule has 2 N–H and O–H groups in total. The highest BCUT2D eigenvalue weighted by Crippen LogP contribution is 2.70. The van der Waals surface area contributed by atoms with Crippen LogP contribution in [0.5, 0.6) is 0 Å². The van der Waals surface area contributed by atoms with Crippen LogP contribution in [0.1, 0.15) is 76.7 Å². The fourth-order valence-corrected chi connectivity index (χ4v) is 9.44. The van der Waals surface area contributed by atoms with Gasteiger partial charge in [-0.25, -0.2) is 0 Å². The van der Waals surface area contributed by atoms with E-state index in [-0.39, 0.29) is 30.3 Å². The Morgan fingerprint density at radius 3 is 2.63 bits per heavy atom. The number of allylic oxidation sites excluding steroid dienone is 4. The minimum absolute atomic E-state index is 0.0444. The molecule has 218 valence electrons. The zero-order valence-corrected chi connectivity index (χ0v) is 24.8. The van der Waals surface area contributed by atoms with Gasteiger partial charge in [0.25, 0.3) is 0 Å². The quantitative estimate of drug-likeness (QED) is 0.268. The smallest absolute Gasteiger partial charge is 0.176 e. The number of rotatable bonds is 5. The van der Waals surface area contributed by atoms with Crippen molar-refractivity contribution < 1.29 is 19.8 Å². The molecule has 0 aromatic heterocycles. The van der Waals surface area contributed by atoms with Crippen molar-refractivity contribution in [2.75, 3.05) is 38.3 Å². The highest BCUT2D eigenvalue weighted by Gasteiger charge is 2.65. The lowest BCUT2D eigenvalue weighted by Gasteiger charge is -2.55. The molecule has 5 aliphatic rings. The third-order valence-corrected chi connectivity index (χ3v) is 11.3. The zero-order valence-electron chi connectivity index (χ0n) is 24.8. The largest absolute Gasteiger partial charge is 0.411 e. The standard InChI is InChI=1S/C35H44N2O4/c1-23-19-29-31-13-15-35(14-6-18-38,32(39)22-41-3)34(31,2)21-30(33(29)27-12-9-25(36-40)20-28(23)27)24-7-10-26(11-8-24)37-16-4-5-17-37/h7-8,10-11,20,23,29-31,38,40H,4-5,9,12-13,15-19,21-22H2,1-3H3/t23?,29-,30+,31-,34-,35+/m0/s1. The van der Waals surface area contributed by atoms with Crippen LogP contribution in [-0.4, -0.2) is 55.2 Å². The van der Waals surface area contributed by atoms with Crippen LogP contribution in [0.15, 0.2) is 52.2 Å². The Balaban J connectivity index is 1.51. The van der Waals surface area contributed by atoms with Crippen LogP contribution in [0.3, 0.4) is 0 Å². The number of aliphatic hydroxyl groups is 1. The molecule has 1 aliphatic heterocycles. The second-order valence-electron chi connectivity index (χ2n) is 13.2. The number of aliphatic hydroxyl groups excluding tert-OH is 1. The van der Waals surface area contributed by atoms with Crippen molar-refractivity contribution in [3.63, 3.8) is 0 Å². The second-order valence-corrected chi connectivity index (χ2v) is 13.2. The van der Waals surface area contributed by atoms with E-state index < -0.39 is 5.41 Å². The molecule has 0 bridgehead atoms. The van der Waals surface area contributed by atoms with E-state index >= 15 is 0 Å². The number of fused-ring (bicyclic) bond motifs is 4. The van der Waals surface area contributed by atoms with Gasteiger partial charge in [0.1, 0.15) is 13.2 Å². The molecule has 3 fully saturated rings. The van der Waals surface area contributed by atoms with Gasteiger partial charge in [-0.2, -0.15) is 0 Å². The summed E-state index contributed by atoms with van der Waals surface area (Å²) in [6, 6.07) is 9.23. The lowest BCUT2D eigenvalue weighted by molar-refractivity contribution is -0.136. The van der Waals surface area contributed by atoms with Crippen LogP contribution < -0.4 is 4.90 Å². The van der Waals surface area contributed by atoms with Crippen molar-refractivity contribution in [1.29, 1.82) is 0 Å². The molecule has 0 spiro atoms. The Labute approximate surface area is 244 Å². The molecule has 6 heteroatoms. The fourth-order valence-electron chi connectivity index (χ4n) is 9.44. The van der Waals surface area contributed by atoms with Crippen LogP contribution in [0.25, 0.3) is 0 Å². The lowest BCUT2D eigenvalue weighted by atomic mass is 9.47. The maximum atomic E-state index is 13.9. The van der Waals surface area contributed by atoms with Gasteiger partial charge < -0.3 is 20.0 Å². The number of hydrogen-bond donors (Lipinski definition) is 2. The lowest BCUT2D eigenvalue weighted by Crippen LogP contribution is -2.52. The van der Waals surface area contributed by atoms with Crippen LogP contribution >= 0.6 is 0 Å². The van der Waals surface area contributed by atoms with E-state index in [2.05, 4.69) is 66.1 Å². The van der Waals surface area contributed by atoms with E-state index in [1.807, 2.05) is 0 Å². The highest BCUT2D eigenvalue weighted by molar-refractivity contribution is 5.97. The van der Waals surface area contributed by atoms with Crippen LogP contribution in [0.4, 0.5) is 5.69 Å². The molecule has 41 heavy (non-hydrogen) atoms. The number of oxime groups is 1. The predicted molar refractivity (Wildman–Crippen MR) is 161 cm³/mol. The summed E-state index contributed by atoms with van der Waals surface area (Å²) in [6.45, 7) is 6.65. The summed E-state index contributed by atoms with van der Waals surface area (Å²) < 4.78 is 5.40. The van der Waals surface area contributed by atoms with Crippen molar-refractivity contribution in [2.45, 2.75) is 71.1 Å². The Kier molecular flexibility index (Phi) is 7.63. The van der Waals surface area contributed by atoms with Gasteiger partial charge in [-0.15, -0.1) is 0 Å². The third kappa shape index (κ3) is 4.48. The Morgan fingerprint density at radius 1 is 1.20 bits per heavy atom. The predicted octanol–water partition coefficient (Wildman–Crippen LogP) is 5.89. The number of ketones is 1. The molecule has 2 saturated carbocycles. The summed E-state index contributed by atoms with van der Waals surface area (Å²) in [6.07, 6.45) is 9.79. The van der Waals surface area contributed by atoms with E-state index in [1.54, 1.807) is 12.7 Å². The maximum Gasteiger partial charge on any atom is 0.176 e. The molecule has 0 radical (unpaired) electrons. The Morgan fingerprint density at radius 2 is 1.95 bits per heavy atom. The molecule has 1 aromatic carbocycles. The molecule has 6 atom stereocenters. The van der Waals surface area contributed by atoms with Crippen molar-refractivity contribution >= 4 is 17.2 Å². The SMILES string of the molecule is COCC(=O)[C@@]1(C#CCO)CC[C@H]2[C@@H]3CC(C)C4=CC(=NO)CCC4=C3[C@@H](c3ccc(N4CCCC4)cc3)C[C@@]21C. The van der Waals surface area contributed by atoms with E-state index in [0.29, 0.717) is 24.2 Å². The van der Waals surface area contributed by atoms with Gasteiger partial charge in [-0.05, 0) is 109 Å². The number of methoxy groups -OCH3 is 1. The first-order valence-corrected chi connectivity index (χ1v) is 15.5. The normalized spacial score (nSPS) is 35.4. The van der Waals surface area contributed by atoms with E-state index in [0.717, 1.165) is 50.9 Å². The fraction of sp³-hybridized carbons (Fsp3) is 0.600. The number of anilines is 1. The Hall–Kier alpha value is -2.88. The molecule has 1 aromatic rings. The van der Waals surface area contributed by atoms with Gasteiger partial charge >= 0.3 is 0 Å². The first kappa shape index (κ1) is 28.2. The number of carbonyl (C=O) groups is 1. The monoisotopic (exact) mass is 556 g/mol. The summed E-state index contributed by atoms with van der Waals surface area (Å²) in [5.41, 5.74) is 6.54. The Bertz CT molecular complexity index is 1340. The van der Waals surface area contributed by atoms with E-state index in [1.165, 1.54) is 35.2 Å². The van der Waals surface area contributed by atoms with Crippen LogP contribution in [-0.2, 0) is 9.53 Å². The first-order chi connectivity index (χ1) is 19.9. The molecule has 1 saturated heterocycles. The molecule has 4 aliphatic carbocycles. The average molecular weight is 557 g/mol. The molecule has 1 unspecified atom stereocenters. The molecule has 0 amide bonds. The van der Waals surface area contributed by atoms with Crippen molar-refractivity contribution in [3.05, 3.63) is 52.6 Å². The molecule has 1 heterocycles. The zero-order chi connectivity index (χ0) is 28.8. The number of ether oxygens (including phenoxy) is 1. The number of carbonyl (C=O) groups excluding carboxylic acids is 1. The van der Waals surface area contributed by atoms with Crippen molar-refractivity contribution in [1.82, 2.24) is 0 Å². The summed E-state index contributed by atoms with van der Waals surface area (Å²) in [5, 5.41) is 22.9. The van der Waals surface area contributed by atoms with Gasteiger partial charge in [0.05, 0.1) is 11.1 Å². The second kappa shape index (κ2) is 11.1. The van der Waals surface area contributed by atoms with Crippen LogP contribution in [0.2, 0.25) is 0 Å². The van der Waals surface area contributed by atoms with Crippen LogP contribution in [0, 0.1) is 40.4 Å². The van der Waals surface area contributed by atoms with E-state index in [9.17, 15) is 15.1 Å². The topological polar surface area (TPSA) is 82.4 Å². The molecule has 6 rings (SSSR count). The number of hydrogen-bond acceptors (Lipinski definition) is 6. The minimum Gasteiger partial charge on any atom is -0.411 e. The van der Waals surface area contributed by atoms with Gasteiger partial charge in [0, 0.05) is 31.8 Å². The maximum absolute atomic E-state index is 13.9. The molecule has 6 nitrogen and oxygen atoms in total. The van der Waals surface area contributed by atoms with Gasteiger partial charge in [0.15, 0.2) is 5.78 Å². The van der Waals surface area contributed by atoms with Gasteiger partial charge in [-0.1, -0.05) is 48.5 Å². The molecular weight excluding hydrogens is 512 g/mol.